The van der Waals surface area contributed by atoms with Gasteiger partial charge in [-0.1, -0.05) is 0 Å². The fourth-order valence-corrected chi connectivity index (χ4v) is 27.2. The maximum absolute atomic E-state index is 14.9. The minimum atomic E-state index is -3.84. The van der Waals surface area contributed by atoms with Crippen LogP contribution in [0, 0.1) is 0 Å². The summed E-state index contributed by atoms with van der Waals surface area (Å²) in [6.07, 6.45) is 4.54. The molecule has 2 atom stereocenters. The monoisotopic (exact) mass is 422 g/mol. The van der Waals surface area contributed by atoms with Crippen molar-refractivity contribution in [1.29, 1.82) is 0 Å². The number of allylic oxidation sites excluding steroid dienone is 2. The molecule has 2 unspecified atom stereocenters. The van der Waals surface area contributed by atoms with Gasteiger partial charge in [0.2, 0.25) is 0 Å². The Kier molecular flexibility index (Phi) is 4.29. The summed E-state index contributed by atoms with van der Waals surface area (Å²) in [5.74, 6) is 0. The molecule has 4 rings (SSSR count). The fourth-order valence-electron chi connectivity index (χ4n) is 4.84. The summed E-state index contributed by atoms with van der Waals surface area (Å²) in [6.45, 7) is 8.96. The van der Waals surface area contributed by atoms with Gasteiger partial charge >= 0.3 is 155 Å². The van der Waals surface area contributed by atoms with Gasteiger partial charge in [-0.3, -0.25) is 0 Å². The number of hydrogen-bond acceptors (Lipinski definition) is 1. The zero-order valence-corrected chi connectivity index (χ0v) is 18.8. The van der Waals surface area contributed by atoms with E-state index in [1.54, 1.807) is 0 Å². The van der Waals surface area contributed by atoms with Gasteiger partial charge in [-0.05, 0) is 0 Å². The van der Waals surface area contributed by atoms with Gasteiger partial charge in [0.25, 0.3) is 0 Å². The van der Waals surface area contributed by atoms with Crippen LogP contribution in [-0.2, 0) is 21.7 Å². The van der Waals surface area contributed by atoms with Crippen LogP contribution in [0.15, 0.2) is 59.7 Å². The molecule has 0 radical (unpaired) electrons. The van der Waals surface area contributed by atoms with Crippen LogP contribution in [0.1, 0.15) is 43.4 Å². The molecule has 1 nitrogen and oxygen atoms in total. The van der Waals surface area contributed by atoms with Crippen LogP contribution in [0.2, 0.25) is 13.1 Å². The van der Waals surface area contributed by atoms with E-state index < -0.39 is 24.3 Å². The molecule has 0 saturated carbocycles. The van der Waals surface area contributed by atoms with Crippen LogP contribution in [0.5, 0.6) is 0 Å². The Morgan fingerprint density at radius 1 is 0.760 bits per heavy atom. The van der Waals surface area contributed by atoms with Crippen LogP contribution < -0.4 is 0 Å². The van der Waals surface area contributed by atoms with Crippen molar-refractivity contribution < 1.29 is 21.7 Å². The molecular weight excluding hydrogens is 400 g/mol. The second-order valence-corrected chi connectivity index (χ2v) is 28.4. The predicted molar refractivity (Wildman–Crippen MR) is 104 cm³/mol. The van der Waals surface area contributed by atoms with Crippen LogP contribution >= 0.6 is 0 Å². The second-order valence-electron chi connectivity index (χ2n) is 7.69. The van der Waals surface area contributed by atoms with E-state index in [4.69, 9.17) is 0 Å². The normalized spacial score (nSPS) is 22.1. The molecular formula is C22H24OSiZr. The Hall–Kier alpha value is -1.18. The minimum absolute atomic E-state index is 0.175. The predicted octanol–water partition coefficient (Wildman–Crippen LogP) is 6.05. The van der Waals surface area contributed by atoms with Gasteiger partial charge in [0, 0.05) is 0 Å². The van der Waals surface area contributed by atoms with Crippen molar-refractivity contribution in [3.63, 3.8) is 0 Å². The Morgan fingerprint density at radius 2 is 1.16 bits per heavy atom. The van der Waals surface area contributed by atoms with E-state index in [0.717, 1.165) is 0 Å². The van der Waals surface area contributed by atoms with Gasteiger partial charge in [-0.2, -0.15) is 0 Å². The average molecular weight is 424 g/mol. The van der Waals surface area contributed by atoms with Gasteiger partial charge in [-0.15, -0.1) is 0 Å². The van der Waals surface area contributed by atoms with E-state index in [1.807, 2.05) is 0 Å². The van der Waals surface area contributed by atoms with Gasteiger partial charge in [-0.25, -0.2) is 0 Å². The number of rotatable bonds is 2. The number of benzene rings is 2. The zero-order chi connectivity index (χ0) is 17.8. The fraction of sp³-hybridized carbons (Fsp3) is 0.273. The third-order valence-corrected chi connectivity index (χ3v) is 30.4. The van der Waals surface area contributed by atoms with E-state index in [9.17, 15) is 2.81 Å². The quantitative estimate of drug-likeness (QED) is 0.537. The van der Waals surface area contributed by atoms with E-state index in [0.29, 0.717) is 0 Å². The van der Waals surface area contributed by atoms with Crippen LogP contribution in [0.3, 0.4) is 0 Å². The molecule has 0 fully saturated rings. The Labute approximate surface area is 154 Å². The summed E-state index contributed by atoms with van der Waals surface area (Å²) in [5, 5.41) is 0. The van der Waals surface area contributed by atoms with E-state index in [2.05, 4.69) is 87.6 Å². The van der Waals surface area contributed by atoms with Gasteiger partial charge in [0.05, 0.1) is 0 Å². The molecule has 0 aliphatic heterocycles. The summed E-state index contributed by atoms with van der Waals surface area (Å²) in [5.41, 5.74) is 6.90. The van der Waals surface area contributed by atoms with E-state index in [-0.39, 0.29) is 7.25 Å². The third kappa shape index (κ3) is 2.51. The molecule has 0 bridgehead atoms. The van der Waals surface area contributed by atoms with Crippen molar-refractivity contribution in [2.45, 2.75) is 34.2 Å². The van der Waals surface area contributed by atoms with Gasteiger partial charge in [0.15, 0.2) is 0 Å². The van der Waals surface area contributed by atoms with Crippen LogP contribution in [0.25, 0.3) is 12.2 Å². The van der Waals surface area contributed by atoms with Crippen molar-refractivity contribution in [3.05, 3.63) is 81.9 Å². The summed E-state index contributed by atoms with van der Waals surface area (Å²) < 4.78 is 15.3. The molecule has 126 valence electrons. The topological polar surface area (TPSA) is 17.1 Å². The average Bonchev–Trinajstić information content (AvgIpc) is 3.09. The molecule has 2 aromatic carbocycles. The van der Waals surface area contributed by atoms with Crippen molar-refractivity contribution >= 4 is 17.6 Å². The van der Waals surface area contributed by atoms with Crippen molar-refractivity contribution in [1.82, 2.24) is 0 Å². The standard InChI is InChI=1S/2C10H9.C2H6Si.O.Zr/c2*1-8-6-9-4-2-3-5-10(9)7-8;1-3-2;;/h2*2-7H,1H3;1-2H3;;. The molecule has 2 aliphatic carbocycles. The molecule has 2 aliphatic rings. The molecule has 0 aromatic heterocycles. The van der Waals surface area contributed by atoms with Crippen LogP contribution in [-0.4, -0.2) is 5.43 Å². The number of hydrogen-bond donors (Lipinski definition) is 0. The van der Waals surface area contributed by atoms with E-state index >= 15 is 0 Å². The molecule has 3 heteroatoms. The Balaban J connectivity index is 1.99. The van der Waals surface area contributed by atoms with E-state index in [1.165, 1.54) is 33.4 Å². The zero-order valence-electron chi connectivity index (χ0n) is 15.3. The first-order chi connectivity index (χ1) is 11.9. The molecule has 2 aromatic rings. The molecule has 0 spiro atoms. The Bertz CT molecular complexity index is 974. The summed E-state index contributed by atoms with van der Waals surface area (Å²) in [6, 6.07) is 17.2. The Morgan fingerprint density at radius 3 is 1.56 bits per heavy atom. The van der Waals surface area contributed by atoms with Gasteiger partial charge in [0.1, 0.15) is 0 Å². The van der Waals surface area contributed by atoms with Crippen molar-refractivity contribution in [2.24, 2.45) is 0 Å². The summed E-state index contributed by atoms with van der Waals surface area (Å²) in [4.78, 5) is 0. The maximum atomic E-state index is 14.9. The molecule has 0 heterocycles. The first-order valence-electron chi connectivity index (χ1n) is 9.00. The first-order valence-corrected chi connectivity index (χ1v) is 19.0. The van der Waals surface area contributed by atoms with Crippen molar-refractivity contribution in [2.75, 3.05) is 0 Å². The van der Waals surface area contributed by atoms with Crippen molar-refractivity contribution in [3.8, 4) is 0 Å². The second kappa shape index (κ2) is 6.21. The molecule has 0 saturated heterocycles. The third-order valence-electron chi connectivity index (χ3n) is 5.93. The molecule has 25 heavy (non-hydrogen) atoms. The number of fused-ring (bicyclic) bond motifs is 2. The summed E-state index contributed by atoms with van der Waals surface area (Å²) >= 11 is -3.84. The van der Waals surface area contributed by atoms with Crippen LogP contribution in [0.4, 0.5) is 0 Å². The SMILES string of the molecule is CC1=Cc2ccccc2[CH]1[Zr](=[O])([CH]1C(C)=Cc2ccccc21)=[Si](C)C. The summed E-state index contributed by atoms with van der Waals surface area (Å²) in [7, 11) is 0. The molecule has 0 amide bonds. The molecule has 0 N–H and O–H groups in total. The first kappa shape index (κ1) is 17.2. The van der Waals surface area contributed by atoms with Gasteiger partial charge < -0.3 is 0 Å².